The maximum Gasteiger partial charge on any atom is 0.208 e. The second kappa shape index (κ2) is 4.35. The molecule has 0 amide bonds. The molecule has 6 N–H and O–H groups in total. The monoisotopic (exact) mass is 255 g/mol. The number of nitrogens with zero attached hydrogens (tertiary/aromatic N) is 1. The summed E-state index contributed by atoms with van der Waals surface area (Å²) in [5.74, 6) is 0.0278. The third-order valence-corrected chi connectivity index (χ3v) is 3.38. The van der Waals surface area contributed by atoms with Crippen LogP contribution >= 0.6 is 0 Å². The molecule has 0 unspecified atom stereocenters. The number of guanidine groups is 1. The van der Waals surface area contributed by atoms with E-state index in [0.29, 0.717) is 0 Å². The molecule has 19 heavy (non-hydrogen) atoms. The zero-order valence-corrected chi connectivity index (χ0v) is 10.8. The molecule has 0 spiro atoms. The van der Waals surface area contributed by atoms with Crippen molar-refractivity contribution >= 4 is 22.6 Å². The number of hydrogen-bond acceptors (Lipinski definition) is 2. The average Bonchev–Trinajstić information content (AvgIpc) is 2.75. The van der Waals surface area contributed by atoms with Crippen molar-refractivity contribution in [1.29, 1.82) is 0 Å². The van der Waals surface area contributed by atoms with Gasteiger partial charge in [0.05, 0.1) is 11.4 Å². The lowest BCUT2D eigenvalue weighted by molar-refractivity contribution is 0.908. The van der Waals surface area contributed by atoms with Crippen molar-refractivity contribution in [3.63, 3.8) is 0 Å². The molecule has 0 saturated heterocycles. The van der Waals surface area contributed by atoms with Crippen LogP contribution in [0.3, 0.4) is 0 Å². The summed E-state index contributed by atoms with van der Waals surface area (Å²) in [7, 11) is 0. The molecular weight excluding hydrogens is 238 g/mol. The molecule has 5 nitrogen and oxygen atoms in total. The standard InChI is InChI=1S/C14H17N5/c1-8-5-6-11-10(7-8)9-3-2-4-12(13(9)17-11)18-19-14(15)16/h4-7,17-18H,2-3H2,1H3,(H4,15,16,19). The topological polar surface area (TPSA) is 92.2 Å². The van der Waals surface area contributed by atoms with Crippen molar-refractivity contribution in [3.8, 4) is 0 Å². The van der Waals surface area contributed by atoms with E-state index in [1.807, 2.05) is 0 Å². The summed E-state index contributed by atoms with van der Waals surface area (Å²) in [6.07, 6.45) is 4.12. The number of fused-ring (bicyclic) bond motifs is 3. The van der Waals surface area contributed by atoms with Gasteiger partial charge in [-0.05, 0) is 37.5 Å². The Kier molecular flexibility index (Phi) is 2.67. The largest absolute Gasteiger partial charge is 0.369 e. The quantitative estimate of drug-likeness (QED) is 0.372. The number of aryl methyl sites for hydroxylation is 2. The first-order valence-electron chi connectivity index (χ1n) is 6.31. The molecule has 0 atom stereocenters. The summed E-state index contributed by atoms with van der Waals surface area (Å²) < 4.78 is 0. The number of hydrazone groups is 1. The van der Waals surface area contributed by atoms with Gasteiger partial charge in [-0.25, -0.2) is 0 Å². The first kappa shape index (κ1) is 11.6. The fourth-order valence-electron chi connectivity index (χ4n) is 2.54. The van der Waals surface area contributed by atoms with E-state index >= 15 is 0 Å². The minimum Gasteiger partial charge on any atom is -0.369 e. The van der Waals surface area contributed by atoms with Gasteiger partial charge < -0.3 is 16.5 Å². The normalized spacial score (nSPS) is 13.8. The van der Waals surface area contributed by atoms with E-state index in [9.17, 15) is 0 Å². The Balaban J connectivity index is 2.09. The second-order valence-corrected chi connectivity index (χ2v) is 4.83. The molecule has 0 radical (unpaired) electrons. The van der Waals surface area contributed by atoms with Gasteiger partial charge in [0.2, 0.25) is 5.96 Å². The average molecular weight is 255 g/mol. The summed E-state index contributed by atoms with van der Waals surface area (Å²) in [6, 6.07) is 6.44. The molecule has 3 rings (SSSR count). The Morgan fingerprint density at radius 2 is 2.21 bits per heavy atom. The maximum atomic E-state index is 5.35. The lowest BCUT2D eigenvalue weighted by Crippen LogP contribution is -2.26. The zero-order valence-electron chi connectivity index (χ0n) is 10.8. The molecule has 0 aliphatic heterocycles. The SMILES string of the molecule is Cc1ccc2[nH]c3c(c2c1)CCC=C3NN=C(N)N. The number of rotatable bonds is 2. The van der Waals surface area contributed by atoms with E-state index in [-0.39, 0.29) is 5.96 Å². The van der Waals surface area contributed by atoms with Crippen LogP contribution in [0.4, 0.5) is 0 Å². The first-order chi connectivity index (χ1) is 9.15. The molecule has 98 valence electrons. The van der Waals surface area contributed by atoms with Crippen LogP contribution in [-0.4, -0.2) is 10.9 Å². The van der Waals surface area contributed by atoms with Gasteiger partial charge >= 0.3 is 0 Å². The van der Waals surface area contributed by atoms with Crippen LogP contribution in [-0.2, 0) is 6.42 Å². The molecule has 0 saturated carbocycles. The van der Waals surface area contributed by atoms with Gasteiger partial charge in [0.15, 0.2) is 0 Å². The Bertz CT molecular complexity index is 689. The van der Waals surface area contributed by atoms with E-state index in [0.717, 1.165) is 29.7 Å². The lowest BCUT2D eigenvalue weighted by atomic mass is 9.98. The van der Waals surface area contributed by atoms with Gasteiger partial charge in [0, 0.05) is 10.9 Å². The fraction of sp³-hybridized carbons (Fsp3) is 0.214. The van der Waals surface area contributed by atoms with Crippen molar-refractivity contribution in [3.05, 3.63) is 41.1 Å². The van der Waals surface area contributed by atoms with Crippen molar-refractivity contribution in [1.82, 2.24) is 10.4 Å². The number of nitrogens with two attached hydrogens (primary N) is 2. The number of H-pyrrole nitrogens is 1. The summed E-state index contributed by atoms with van der Waals surface area (Å²) in [6.45, 7) is 2.11. The van der Waals surface area contributed by atoms with Crippen molar-refractivity contribution in [2.45, 2.75) is 19.8 Å². The summed E-state index contributed by atoms with van der Waals surface area (Å²) in [4.78, 5) is 3.44. The molecule has 1 aliphatic rings. The molecule has 0 bridgehead atoms. The highest BCUT2D eigenvalue weighted by Gasteiger charge is 2.17. The zero-order chi connectivity index (χ0) is 13.4. The predicted octanol–water partition coefficient (Wildman–Crippen LogP) is 1.54. The molecule has 1 heterocycles. The summed E-state index contributed by atoms with van der Waals surface area (Å²) in [5.41, 5.74) is 19.4. The van der Waals surface area contributed by atoms with Gasteiger partial charge in [-0.1, -0.05) is 17.7 Å². The molecule has 2 aromatic rings. The lowest BCUT2D eigenvalue weighted by Gasteiger charge is -2.13. The van der Waals surface area contributed by atoms with Gasteiger partial charge in [0.25, 0.3) is 0 Å². The van der Waals surface area contributed by atoms with Crippen molar-refractivity contribution in [2.75, 3.05) is 0 Å². The third-order valence-electron chi connectivity index (χ3n) is 3.38. The van der Waals surface area contributed by atoms with Crippen LogP contribution in [0.25, 0.3) is 16.6 Å². The van der Waals surface area contributed by atoms with Gasteiger partial charge in [-0.2, -0.15) is 0 Å². The van der Waals surface area contributed by atoms with E-state index in [2.05, 4.69) is 46.7 Å². The number of nitrogens with one attached hydrogen (secondary N) is 2. The molecule has 1 aliphatic carbocycles. The molecule has 0 fully saturated rings. The van der Waals surface area contributed by atoms with Crippen LogP contribution in [0.15, 0.2) is 29.4 Å². The van der Waals surface area contributed by atoms with Crippen molar-refractivity contribution < 1.29 is 0 Å². The van der Waals surface area contributed by atoms with E-state index in [1.54, 1.807) is 0 Å². The van der Waals surface area contributed by atoms with E-state index in [4.69, 9.17) is 11.5 Å². The van der Waals surface area contributed by atoms with Gasteiger partial charge in [-0.15, -0.1) is 5.10 Å². The highest BCUT2D eigenvalue weighted by Crippen LogP contribution is 2.31. The van der Waals surface area contributed by atoms with Crippen LogP contribution in [0.1, 0.15) is 23.2 Å². The first-order valence-corrected chi connectivity index (χ1v) is 6.31. The van der Waals surface area contributed by atoms with Crippen molar-refractivity contribution in [2.24, 2.45) is 16.6 Å². The van der Waals surface area contributed by atoms with Crippen LogP contribution in [0.5, 0.6) is 0 Å². The number of benzene rings is 1. The fourth-order valence-corrected chi connectivity index (χ4v) is 2.54. The van der Waals surface area contributed by atoms with Crippen LogP contribution < -0.4 is 16.9 Å². The Labute approximate surface area is 111 Å². The second-order valence-electron chi connectivity index (χ2n) is 4.83. The minimum absolute atomic E-state index is 0.0278. The van der Waals surface area contributed by atoms with Gasteiger partial charge in [-0.3, -0.25) is 5.43 Å². The number of allylic oxidation sites excluding steroid dienone is 1. The number of aromatic amines is 1. The Hall–Kier alpha value is -2.43. The smallest absolute Gasteiger partial charge is 0.208 e. The van der Waals surface area contributed by atoms with Crippen LogP contribution in [0, 0.1) is 6.92 Å². The van der Waals surface area contributed by atoms with E-state index < -0.39 is 0 Å². The van der Waals surface area contributed by atoms with E-state index in [1.165, 1.54) is 16.5 Å². The van der Waals surface area contributed by atoms with Gasteiger partial charge in [0.1, 0.15) is 0 Å². The Morgan fingerprint density at radius 1 is 1.37 bits per heavy atom. The number of hydrogen-bond donors (Lipinski definition) is 4. The summed E-state index contributed by atoms with van der Waals surface area (Å²) >= 11 is 0. The minimum atomic E-state index is 0.0278. The van der Waals surface area contributed by atoms with Crippen LogP contribution in [0.2, 0.25) is 0 Å². The highest BCUT2D eigenvalue weighted by molar-refractivity contribution is 5.90. The molecule has 1 aromatic carbocycles. The molecular formula is C14H17N5. The predicted molar refractivity (Wildman–Crippen MR) is 78.3 cm³/mol. The highest BCUT2D eigenvalue weighted by atomic mass is 15.3. The Morgan fingerprint density at radius 3 is 3.00 bits per heavy atom. The molecule has 5 heteroatoms. The third kappa shape index (κ3) is 2.03. The maximum absolute atomic E-state index is 5.35. The summed E-state index contributed by atoms with van der Waals surface area (Å²) in [5, 5.41) is 5.15. The molecule has 1 aromatic heterocycles. The number of aromatic nitrogens is 1.